The van der Waals surface area contributed by atoms with Gasteiger partial charge in [-0.2, -0.15) is 0 Å². The lowest BCUT2D eigenvalue weighted by atomic mass is 10.2. The summed E-state index contributed by atoms with van der Waals surface area (Å²) in [6, 6.07) is 3.79. The monoisotopic (exact) mass is 409 g/mol. The Kier molecular flexibility index (Phi) is 7.50. The predicted molar refractivity (Wildman–Crippen MR) is 83.2 cm³/mol. The van der Waals surface area contributed by atoms with Crippen molar-refractivity contribution in [1.29, 1.82) is 0 Å². The molecule has 112 valence electrons. The first-order valence-electron chi connectivity index (χ1n) is 6.02. The maximum absolute atomic E-state index is 10.8. The SMILES string of the molecule is COCCNCc1cc(Br)c(OC(C)C(=O)O)c(Br)c1. The van der Waals surface area contributed by atoms with Crippen molar-refractivity contribution in [3.8, 4) is 5.75 Å². The number of aliphatic carboxylic acids is 1. The standard InChI is InChI=1S/C13H17Br2NO4/c1-8(13(17)18)20-12-10(14)5-9(6-11(12)15)7-16-3-4-19-2/h5-6,8,16H,3-4,7H2,1-2H3,(H,17,18). The molecule has 5 nitrogen and oxygen atoms in total. The van der Waals surface area contributed by atoms with Crippen molar-refractivity contribution in [2.75, 3.05) is 20.3 Å². The molecule has 7 heteroatoms. The van der Waals surface area contributed by atoms with Crippen molar-refractivity contribution in [2.45, 2.75) is 19.6 Å². The molecule has 0 saturated carbocycles. The van der Waals surface area contributed by atoms with Crippen LogP contribution in [0.1, 0.15) is 12.5 Å². The topological polar surface area (TPSA) is 67.8 Å². The molecule has 0 aliphatic heterocycles. The van der Waals surface area contributed by atoms with Crippen LogP contribution in [0.5, 0.6) is 5.75 Å². The van der Waals surface area contributed by atoms with E-state index >= 15 is 0 Å². The third-order valence-electron chi connectivity index (χ3n) is 2.51. The fourth-order valence-corrected chi connectivity index (χ4v) is 2.93. The van der Waals surface area contributed by atoms with Crippen LogP contribution in [0.2, 0.25) is 0 Å². The summed E-state index contributed by atoms with van der Waals surface area (Å²) in [4.78, 5) is 10.8. The van der Waals surface area contributed by atoms with Gasteiger partial charge in [-0.3, -0.25) is 0 Å². The minimum absolute atomic E-state index is 0.487. The molecule has 1 unspecified atom stereocenters. The van der Waals surface area contributed by atoms with Crippen LogP contribution in [-0.2, 0) is 16.1 Å². The van der Waals surface area contributed by atoms with Crippen LogP contribution in [0.3, 0.4) is 0 Å². The molecule has 0 spiro atoms. The molecular formula is C13H17Br2NO4. The van der Waals surface area contributed by atoms with Crippen LogP contribution in [0.15, 0.2) is 21.1 Å². The average Bonchev–Trinajstić information content (AvgIpc) is 2.38. The molecule has 0 fully saturated rings. The van der Waals surface area contributed by atoms with E-state index in [1.807, 2.05) is 12.1 Å². The van der Waals surface area contributed by atoms with E-state index in [4.69, 9.17) is 14.6 Å². The maximum Gasteiger partial charge on any atom is 0.344 e. The molecule has 1 aromatic carbocycles. The van der Waals surface area contributed by atoms with Crippen molar-refractivity contribution >= 4 is 37.8 Å². The molecule has 0 aromatic heterocycles. The van der Waals surface area contributed by atoms with E-state index in [0.29, 0.717) is 27.8 Å². The highest BCUT2D eigenvalue weighted by molar-refractivity contribution is 9.11. The van der Waals surface area contributed by atoms with E-state index in [9.17, 15) is 4.79 Å². The fourth-order valence-electron chi connectivity index (χ4n) is 1.46. The van der Waals surface area contributed by atoms with Crippen LogP contribution in [0.25, 0.3) is 0 Å². The van der Waals surface area contributed by atoms with Crippen LogP contribution in [-0.4, -0.2) is 37.4 Å². The van der Waals surface area contributed by atoms with Crippen LogP contribution < -0.4 is 10.1 Å². The molecular weight excluding hydrogens is 394 g/mol. The molecule has 0 heterocycles. The van der Waals surface area contributed by atoms with E-state index in [1.165, 1.54) is 6.92 Å². The molecule has 0 amide bonds. The summed E-state index contributed by atoms with van der Waals surface area (Å²) in [6.07, 6.45) is -0.909. The fraction of sp³-hybridized carbons (Fsp3) is 0.462. The van der Waals surface area contributed by atoms with Gasteiger partial charge in [0, 0.05) is 20.2 Å². The maximum atomic E-state index is 10.8. The first kappa shape index (κ1) is 17.4. The molecule has 2 N–H and O–H groups in total. The smallest absolute Gasteiger partial charge is 0.344 e. The normalized spacial score (nSPS) is 12.2. The van der Waals surface area contributed by atoms with Gasteiger partial charge < -0.3 is 19.9 Å². The second-order valence-corrected chi connectivity index (χ2v) is 5.87. The summed E-state index contributed by atoms with van der Waals surface area (Å²) >= 11 is 6.80. The largest absolute Gasteiger partial charge is 0.479 e. The van der Waals surface area contributed by atoms with Gasteiger partial charge in [-0.15, -0.1) is 0 Å². The summed E-state index contributed by atoms with van der Waals surface area (Å²) in [5, 5.41) is 12.1. The lowest BCUT2D eigenvalue weighted by Gasteiger charge is -2.15. The zero-order valence-corrected chi connectivity index (χ0v) is 14.5. The van der Waals surface area contributed by atoms with Gasteiger partial charge in [0.15, 0.2) is 6.10 Å². The van der Waals surface area contributed by atoms with Gasteiger partial charge in [0.2, 0.25) is 0 Å². The van der Waals surface area contributed by atoms with Gasteiger partial charge in [-0.05, 0) is 56.5 Å². The van der Waals surface area contributed by atoms with E-state index in [-0.39, 0.29) is 0 Å². The lowest BCUT2D eigenvalue weighted by molar-refractivity contribution is -0.144. The first-order valence-corrected chi connectivity index (χ1v) is 7.61. The Morgan fingerprint density at radius 3 is 2.50 bits per heavy atom. The third kappa shape index (κ3) is 5.40. The molecule has 1 aromatic rings. The first-order chi connectivity index (χ1) is 9.45. The number of ether oxygens (including phenoxy) is 2. The molecule has 0 aliphatic rings. The quantitative estimate of drug-likeness (QED) is 0.645. The van der Waals surface area contributed by atoms with Gasteiger partial charge >= 0.3 is 5.97 Å². The number of carbonyl (C=O) groups is 1. The van der Waals surface area contributed by atoms with Crippen molar-refractivity contribution in [3.05, 3.63) is 26.6 Å². The van der Waals surface area contributed by atoms with Crippen molar-refractivity contribution in [3.63, 3.8) is 0 Å². The van der Waals surface area contributed by atoms with Crippen molar-refractivity contribution in [1.82, 2.24) is 5.32 Å². The Hall–Kier alpha value is -0.630. The molecule has 0 bridgehead atoms. The van der Waals surface area contributed by atoms with Crippen molar-refractivity contribution in [2.24, 2.45) is 0 Å². The summed E-state index contributed by atoms with van der Waals surface area (Å²) in [5.74, 6) is -0.519. The molecule has 0 aliphatic carbocycles. The van der Waals surface area contributed by atoms with Gasteiger partial charge in [0.1, 0.15) is 5.75 Å². The zero-order chi connectivity index (χ0) is 15.1. The lowest BCUT2D eigenvalue weighted by Crippen LogP contribution is -2.23. The Morgan fingerprint density at radius 2 is 2.00 bits per heavy atom. The highest BCUT2D eigenvalue weighted by atomic mass is 79.9. The highest BCUT2D eigenvalue weighted by Gasteiger charge is 2.17. The number of benzene rings is 1. The van der Waals surface area contributed by atoms with Gasteiger partial charge in [0.25, 0.3) is 0 Å². The predicted octanol–water partition coefficient (Wildman–Crippen LogP) is 2.80. The molecule has 20 heavy (non-hydrogen) atoms. The Labute approximate surface area is 134 Å². The van der Waals surface area contributed by atoms with E-state index < -0.39 is 12.1 Å². The van der Waals surface area contributed by atoms with Gasteiger partial charge in [-0.1, -0.05) is 0 Å². The summed E-state index contributed by atoms with van der Waals surface area (Å²) in [5.41, 5.74) is 1.05. The Bertz CT molecular complexity index is 445. The van der Waals surface area contributed by atoms with Crippen LogP contribution in [0.4, 0.5) is 0 Å². The number of hydrogen-bond acceptors (Lipinski definition) is 4. The van der Waals surface area contributed by atoms with Crippen LogP contribution >= 0.6 is 31.9 Å². The van der Waals surface area contributed by atoms with Gasteiger partial charge in [-0.25, -0.2) is 4.79 Å². The molecule has 1 atom stereocenters. The Morgan fingerprint density at radius 1 is 1.40 bits per heavy atom. The number of rotatable bonds is 8. The number of methoxy groups -OCH3 is 1. The average molecular weight is 411 g/mol. The van der Waals surface area contributed by atoms with Gasteiger partial charge in [0.05, 0.1) is 15.6 Å². The third-order valence-corrected chi connectivity index (χ3v) is 3.69. The number of halogens is 2. The summed E-state index contributed by atoms with van der Waals surface area (Å²) < 4.78 is 11.8. The minimum atomic E-state index is -1.01. The summed E-state index contributed by atoms with van der Waals surface area (Å²) in [7, 11) is 1.66. The number of carboxylic acids is 1. The van der Waals surface area contributed by atoms with Crippen LogP contribution in [0, 0.1) is 0 Å². The minimum Gasteiger partial charge on any atom is -0.479 e. The van der Waals surface area contributed by atoms with E-state index in [0.717, 1.165) is 12.1 Å². The van der Waals surface area contributed by atoms with Crippen molar-refractivity contribution < 1.29 is 19.4 Å². The molecule has 0 radical (unpaired) electrons. The number of carboxylic acid groups (broad SMARTS) is 1. The second-order valence-electron chi connectivity index (χ2n) is 4.16. The molecule has 0 saturated heterocycles. The van der Waals surface area contributed by atoms with E-state index in [1.54, 1.807) is 7.11 Å². The highest BCUT2D eigenvalue weighted by Crippen LogP contribution is 2.35. The zero-order valence-electron chi connectivity index (χ0n) is 11.3. The second kappa shape index (κ2) is 8.61. The Balaban J connectivity index is 2.73. The number of hydrogen-bond donors (Lipinski definition) is 2. The molecule has 1 rings (SSSR count). The van der Waals surface area contributed by atoms with E-state index in [2.05, 4.69) is 37.2 Å². The summed E-state index contributed by atoms with van der Waals surface area (Å²) in [6.45, 7) is 3.59. The number of nitrogens with one attached hydrogen (secondary N) is 1.